The van der Waals surface area contributed by atoms with E-state index in [1.165, 1.54) is 0 Å². The van der Waals surface area contributed by atoms with Crippen LogP contribution in [0.2, 0.25) is 0 Å². The summed E-state index contributed by atoms with van der Waals surface area (Å²) in [7, 11) is 0. The summed E-state index contributed by atoms with van der Waals surface area (Å²) in [5, 5.41) is 3.03. The number of pyridine rings is 1. The molecular weight excluding hydrogens is 312 g/mol. The molecule has 4 heteroatoms. The molecule has 0 aliphatic heterocycles. The summed E-state index contributed by atoms with van der Waals surface area (Å²) in [5.41, 5.74) is 1.85. The number of aromatic nitrogens is 1. The van der Waals surface area contributed by atoms with Crippen LogP contribution in [0.3, 0.4) is 0 Å². The van der Waals surface area contributed by atoms with E-state index in [0.717, 1.165) is 24.1 Å². The lowest BCUT2D eigenvalue weighted by Gasteiger charge is -2.33. The van der Waals surface area contributed by atoms with Crippen molar-refractivity contribution in [3.8, 4) is 0 Å². The minimum absolute atomic E-state index is 0.113. The highest BCUT2D eigenvalue weighted by Crippen LogP contribution is 2.35. The molecule has 1 unspecified atom stereocenters. The molecule has 4 nitrogen and oxygen atoms in total. The summed E-state index contributed by atoms with van der Waals surface area (Å²) in [6, 6.07) is 12.0. The number of benzene rings is 1. The number of hydrogen-bond acceptors (Lipinski definition) is 2. The quantitative estimate of drug-likeness (QED) is 0.906. The maximum atomic E-state index is 12.7. The van der Waals surface area contributed by atoms with E-state index >= 15 is 0 Å². The molecule has 132 valence electrons. The van der Waals surface area contributed by atoms with Gasteiger partial charge in [-0.2, -0.15) is 0 Å². The first-order chi connectivity index (χ1) is 11.8. The molecule has 1 aliphatic carbocycles. The van der Waals surface area contributed by atoms with Crippen molar-refractivity contribution >= 4 is 5.91 Å². The van der Waals surface area contributed by atoms with Gasteiger partial charge in [0, 0.05) is 35.5 Å². The number of hydrogen-bond donors (Lipinski definition) is 1. The lowest BCUT2D eigenvalue weighted by atomic mass is 9.78. The second kappa shape index (κ2) is 6.51. The van der Waals surface area contributed by atoms with Gasteiger partial charge in [0.2, 0.25) is 0 Å². The Morgan fingerprint density at radius 2 is 1.88 bits per heavy atom. The smallest absolute Gasteiger partial charge is 0.256 e. The summed E-state index contributed by atoms with van der Waals surface area (Å²) in [5.74, 6) is -0.295. The SMILES string of the molecule is Cc1cc(=O)c(C(=O)NC(C)C(C)(C)c2ccccc2)cn1C1CC1. The van der Waals surface area contributed by atoms with E-state index in [-0.39, 0.29) is 28.4 Å². The van der Waals surface area contributed by atoms with Gasteiger partial charge in [-0.15, -0.1) is 0 Å². The number of rotatable bonds is 5. The Morgan fingerprint density at radius 3 is 2.48 bits per heavy atom. The van der Waals surface area contributed by atoms with Crippen LogP contribution < -0.4 is 10.7 Å². The predicted octanol–water partition coefficient (Wildman–Crippen LogP) is 3.59. The van der Waals surface area contributed by atoms with E-state index in [1.807, 2.05) is 32.0 Å². The van der Waals surface area contributed by atoms with Crippen molar-refractivity contribution in [3.63, 3.8) is 0 Å². The van der Waals surface area contributed by atoms with Crippen molar-refractivity contribution in [2.45, 2.75) is 58.0 Å². The number of carbonyl (C=O) groups is 1. The zero-order valence-corrected chi connectivity index (χ0v) is 15.4. The third kappa shape index (κ3) is 3.53. The van der Waals surface area contributed by atoms with Gasteiger partial charge in [0.05, 0.1) is 0 Å². The molecule has 25 heavy (non-hydrogen) atoms. The van der Waals surface area contributed by atoms with Crippen molar-refractivity contribution < 1.29 is 4.79 Å². The number of nitrogens with one attached hydrogen (secondary N) is 1. The maximum Gasteiger partial charge on any atom is 0.256 e. The van der Waals surface area contributed by atoms with E-state index < -0.39 is 0 Å². The van der Waals surface area contributed by atoms with Crippen LogP contribution in [0.1, 0.15) is 61.3 Å². The Labute approximate surface area is 148 Å². The molecule has 2 aromatic rings. The molecule has 0 spiro atoms. The Balaban J connectivity index is 1.82. The highest BCUT2D eigenvalue weighted by Gasteiger charge is 2.30. The van der Waals surface area contributed by atoms with Crippen LogP contribution in [0.25, 0.3) is 0 Å². The van der Waals surface area contributed by atoms with Gasteiger partial charge < -0.3 is 9.88 Å². The molecule has 1 aliphatic rings. The summed E-state index contributed by atoms with van der Waals surface area (Å²) < 4.78 is 2.06. The lowest BCUT2D eigenvalue weighted by Crippen LogP contribution is -2.46. The average Bonchev–Trinajstić information content (AvgIpc) is 3.40. The zero-order chi connectivity index (χ0) is 18.2. The van der Waals surface area contributed by atoms with Crippen molar-refractivity contribution in [1.82, 2.24) is 9.88 Å². The van der Waals surface area contributed by atoms with E-state index in [9.17, 15) is 9.59 Å². The molecule has 1 atom stereocenters. The Morgan fingerprint density at radius 1 is 1.24 bits per heavy atom. The molecule has 1 saturated carbocycles. The Kier molecular flexibility index (Phi) is 4.55. The van der Waals surface area contributed by atoms with Gasteiger partial charge in [-0.3, -0.25) is 9.59 Å². The fourth-order valence-corrected chi connectivity index (χ4v) is 3.14. The molecule has 1 aromatic carbocycles. The maximum absolute atomic E-state index is 12.7. The van der Waals surface area contributed by atoms with Gasteiger partial charge in [-0.05, 0) is 32.3 Å². The molecule has 0 radical (unpaired) electrons. The molecule has 0 saturated heterocycles. The first-order valence-corrected chi connectivity index (χ1v) is 8.90. The van der Waals surface area contributed by atoms with Crippen LogP contribution in [0.4, 0.5) is 0 Å². The van der Waals surface area contributed by atoms with Gasteiger partial charge in [-0.1, -0.05) is 44.2 Å². The Hall–Kier alpha value is -2.36. The van der Waals surface area contributed by atoms with Crippen LogP contribution >= 0.6 is 0 Å². The molecule has 1 fully saturated rings. The second-order valence-electron chi connectivity index (χ2n) is 7.61. The second-order valence-corrected chi connectivity index (χ2v) is 7.61. The number of carbonyl (C=O) groups excluding carboxylic acids is 1. The minimum Gasteiger partial charge on any atom is -0.349 e. The van der Waals surface area contributed by atoms with Gasteiger partial charge in [0.15, 0.2) is 5.43 Å². The Bertz CT molecular complexity index is 833. The lowest BCUT2D eigenvalue weighted by molar-refractivity contribution is 0.0922. The largest absolute Gasteiger partial charge is 0.349 e. The fraction of sp³-hybridized carbons (Fsp3) is 0.429. The van der Waals surface area contributed by atoms with Crippen LogP contribution in [-0.4, -0.2) is 16.5 Å². The van der Waals surface area contributed by atoms with E-state index in [2.05, 4.69) is 35.9 Å². The monoisotopic (exact) mass is 338 g/mol. The van der Waals surface area contributed by atoms with Crippen LogP contribution in [-0.2, 0) is 5.41 Å². The van der Waals surface area contributed by atoms with Crippen molar-refractivity contribution in [1.29, 1.82) is 0 Å². The number of aryl methyl sites for hydroxylation is 1. The fourth-order valence-electron chi connectivity index (χ4n) is 3.14. The van der Waals surface area contributed by atoms with E-state index in [4.69, 9.17) is 0 Å². The molecule has 1 N–H and O–H groups in total. The van der Waals surface area contributed by atoms with Crippen LogP contribution in [0.15, 0.2) is 47.4 Å². The van der Waals surface area contributed by atoms with Crippen molar-refractivity contribution in [2.24, 2.45) is 0 Å². The molecule has 0 bridgehead atoms. The highest BCUT2D eigenvalue weighted by molar-refractivity contribution is 5.94. The third-order valence-electron chi connectivity index (χ3n) is 5.41. The third-order valence-corrected chi connectivity index (χ3v) is 5.41. The summed E-state index contributed by atoms with van der Waals surface area (Å²) in [6.45, 7) is 8.11. The molecule has 1 aromatic heterocycles. The van der Waals surface area contributed by atoms with Gasteiger partial charge >= 0.3 is 0 Å². The molecule has 3 rings (SSSR count). The van der Waals surface area contributed by atoms with Crippen LogP contribution in [0.5, 0.6) is 0 Å². The van der Waals surface area contributed by atoms with Gasteiger partial charge in [0.1, 0.15) is 5.56 Å². The zero-order valence-electron chi connectivity index (χ0n) is 15.4. The average molecular weight is 338 g/mol. The standard InChI is InChI=1S/C21H26N2O2/c1-14-12-19(24)18(13-23(14)17-10-11-17)20(25)22-15(2)21(3,4)16-8-6-5-7-9-16/h5-9,12-13,15,17H,10-11H2,1-4H3,(H,22,25). The molecule has 1 heterocycles. The summed E-state index contributed by atoms with van der Waals surface area (Å²) in [6.07, 6.45) is 3.96. The topological polar surface area (TPSA) is 51.1 Å². The van der Waals surface area contributed by atoms with E-state index in [0.29, 0.717) is 6.04 Å². The first-order valence-electron chi connectivity index (χ1n) is 8.90. The first kappa shape index (κ1) is 17.5. The van der Waals surface area contributed by atoms with Gasteiger partial charge in [-0.25, -0.2) is 0 Å². The molecule has 1 amide bonds. The summed E-state index contributed by atoms with van der Waals surface area (Å²) in [4.78, 5) is 25.0. The van der Waals surface area contributed by atoms with Gasteiger partial charge in [0.25, 0.3) is 5.91 Å². The highest BCUT2D eigenvalue weighted by atomic mass is 16.2. The summed E-state index contributed by atoms with van der Waals surface area (Å²) >= 11 is 0. The normalized spacial score (nSPS) is 15.7. The minimum atomic E-state index is -0.295. The van der Waals surface area contributed by atoms with Crippen molar-refractivity contribution in [2.75, 3.05) is 0 Å². The number of nitrogens with zero attached hydrogens (tertiary/aromatic N) is 1. The van der Waals surface area contributed by atoms with Crippen LogP contribution in [0, 0.1) is 6.92 Å². The number of amides is 1. The van der Waals surface area contributed by atoms with Crippen molar-refractivity contribution in [3.05, 3.63) is 69.6 Å². The van der Waals surface area contributed by atoms with E-state index in [1.54, 1.807) is 12.3 Å². The predicted molar refractivity (Wildman–Crippen MR) is 100 cm³/mol. The molecular formula is C21H26N2O2.